The number of nitrogens with one attached hydrogen (secondary N) is 1. The third-order valence-corrected chi connectivity index (χ3v) is 2.48. The Morgan fingerprint density at radius 2 is 1.89 bits per heavy atom. The molecule has 18 heavy (non-hydrogen) atoms. The van der Waals surface area contributed by atoms with E-state index >= 15 is 0 Å². The van der Waals surface area contributed by atoms with Crippen LogP contribution >= 0.6 is 0 Å². The van der Waals surface area contributed by atoms with Crippen LogP contribution in [0.4, 0.5) is 0 Å². The van der Waals surface area contributed by atoms with Gasteiger partial charge in [-0.15, -0.1) is 0 Å². The molecule has 1 N–H and O–H groups in total. The van der Waals surface area contributed by atoms with Crippen LogP contribution in [0.15, 0.2) is 24.3 Å². The van der Waals surface area contributed by atoms with Crippen LogP contribution in [0.2, 0.25) is 0 Å². The number of carbonyl (C=O) groups is 2. The van der Waals surface area contributed by atoms with Gasteiger partial charge in [-0.1, -0.05) is 12.1 Å². The highest BCUT2D eigenvalue weighted by atomic mass is 16.5. The van der Waals surface area contributed by atoms with Crippen molar-refractivity contribution in [2.24, 2.45) is 0 Å². The maximum atomic E-state index is 11.8. The predicted octanol–water partition coefficient (Wildman–Crippen LogP) is 1.09. The number of amides is 1. The van der Waals surface area contributed by atoms with Crippen LogP contribution in [0.3, 0.4) is 0 Å². The van der Waals surface area contributed by atoms with Crippen molar-refractivity contribution in [3.05, 3.63) is 29.8 Å². The van der Waals surface area contributed by atoms with Gasteiger partial charge in [0.1, 0.15) is 5.75 Å². The van der Waals surface area contributed by atoms with Gasteiger partial charge in [0.2, 0.25) is 5.91 Å². The van der Waals surface area contributed by atoms with Crippen molar-refractivity contribution in [3.8, 4) is 5.75 Å². The van der Waals surface area contributed by atoms with Gasteiger partial charge in [-0.25, -0.2) is 0 Å². The van der Waals surface area contributed by atoms with Gasteiger partial charge in [0.25, 0.3) is 0 Å². The molecule has 0 saturated heterocycles. The van der Waals surface area contributed by atoms with Crippen LogP contribution in [0.25, 0.3) is 0 Å². The Morgan fingerprint density at radius 1 is 1.28 bits per heavy atom. The van der Waals surface area contributed by atoms with Gasteiger partial charge in [0.15, 0.2) is 5.92 Å². The molecular formula is C13H17NO4. The third-order valence-electron chi connectivity index (χ3n) is 2.48. The highest BCUT2D eigenvalue weighted by Crippen LogP contribution is 2.21. The summed E-state index contributed by atoms with van der Waals surface area (Å²) in [6, 6.07) is 6.75. The second kappa shape index (κ2) is 6.64. The number of ether oxygens (including phenoxy) is 2. The fraction of sp³-hybridized carbons (Fsp3) is 0.385. The zero-order valence-corrected chi connectivity index (χ0v) is 10.7. The summed E-state index contributed by atoms with van der Waals surface area (Å²) in [6.45, 7) is 1.94. The first-order valence-corrected chi connectivity index (χ1v) is 5.66. The van der Waals surface area contributed by atoms with Crippen molar-refractivity contribution < 1.29 is 19.1 Å². The predicted molar refractivity (Wildman–Crippen MR) is 66.4 cm³/mol. The van der Waals surface area contributed by atoms with Crippen LogP contribution in [-0.4, -0.2) is 32.6 Å². The molecule has 1 aromatic carbocycles. The Morgan fingerprint density at radius 3 is 2.33 bits per heavy atom. The molecule has 0 spiro atoms. The molecule has 0 aromatic heterocycles. The number of likely N-dealkylation sites (N-methyl/N-ethyl adjacent to an activating group) is 1. The summed E-state index contributed by atoms with van der Waals surface area (Å²) < 4.78 is 9.93. The molecule has 0 heterocycles. The van der Waals surface area contributed by atoms with Crippen molar-refractivity contribution >= 4 is 11.9 Å². The van der Waals surface area contributed by atoms with E-state index in [2.05, 4.69) is 5.32 Å². The lowest BCUT2D eigenvalue weighted by atomic mass is 9.98. The highest BCUT2D eigenvalue weighted by molar-refractivity contribution is 6.03. The van der Waals surface area contributed by atoms with Gasteiger partial charge in [-0.2, -0.15) is 0 Å². The van der Waals surface area contributed by atoms with Gasteiger partial charge >= 0.3 is 5.97 Å². The monoisotopic (exact) mass is 251 g/mol. The van der Waals surface area contributed by atoms with E-state index in [4.69, 9.17) is 9.47 Å². The average Bonchev–Trinajstić information content (AvgIpc) is 2.40. The first-order valence-electron chi connectivity index (χ1n) is 5.66. The average molecular weight is 251 g/mol. The van der Waals surface area contributed by atoms with E-state index in [-0.39, 0.29) is 6.61 Å². The van der Waals surface area contributed by atoms with Crippen molar-refractivity contribution in [2.45, 2.75) is 12.8 Å². The van der Waals surface area contributed by atoms with Crippen molar-refractivity contribution in [2.75, 3.05) is 20.8 Å². The second-order valence-electron chi connectivity index (χ2n) is 3.57. The van der Waals surface area contributed by atoms with E-state index in [0.717, 1.165) is 0 Å². The molecule has 98 valence electrons. The van der Waals surface area contributed by atoms with Gasteiger partial charge in [0.05, 0.1) is 13.7 Å². The fourth-order valence-electron chi connectivity index (χ4n) is 1.56. The molecule has 1 atom stereocenters. The largest absolute Gasteiger partial charge is 0.497 e. The zero-order valence-electron chi connectivity index (χ0n) is 10.7. The molecule has 1 rings (SSSR count). The second-order valence-corrected chi connectivity index (χ2v) is 3.57. The van der Waals surface area contributed by atoms with Crippen LogP contribution in [0.5, 0.6) is 5.75 Å². The van der Waals surface area contributed by atoms with Crippen LogP contribution in [0, 0.1) is 0 Å². The number of methoxy groups -OCH3 is 1. The van der Waals surface area contributed by atoms with Crippen LogP contribution < -0.4 is 10.1 Å². The molecular weight excluding hydrogens is 234 g/mol. The minimum Gasteiger partial charge on any atom is -0.497 e. The van der Waals surface area contributed by atoms with E-state index in [1.807, 2.05) is 0 Å². The topological polar surface area (TPSA) is 64.6 Å². The summed E-state index contributed by atoms with van der Waals surface area (Å²) in [4.78, 5) is 23.5. The Kier molecular flexibility index (Phi) is 5.17. The van der Waals surface area contributed by atoms with Crippen molar-refractivity contribution in [1.82, 2.24) is 5.32 Å². The minimum absolute atomic E-state index is 0.239. The Balaban J connectivity index is 3.01. The molecule has 0 aliphatic carbocycles. The van der Waals surface area contributed by atoms with Crippen molar-refractivity contribution in [3.63, 3.8) is 0 Å². The van der Waals surface area contributed by atoms with E-state index in [1.165, 1.54) is 7.05 Å². The zero-order chi connectivity index (χ0) is 13.5. The quantitative estimate of drug-likeness (QED) is 0.628. The Hall–Kier alpha value is -2.04. The van der Waals surface area contributed by atoms with Crippen LogP contribution in [0.1, 0.15) is 18.4 Å². The van der Waals surface area contributed by atoms with E-state index in [0.29, 0.717) is 11.3 Å². The molecule has 0 saturated carbocycles. The molecule has 0 aliphatic heterocycles. The third kappa shape index (κ3) is 3.23. The van der Waals surface area contributed by atoms with Gasteiger partial charge in [-0.05, 0) is 24.6 Å². The smallest absolute Gasteiger partial charge is 0.323 e. The van der Waals surface area contributed by atoms with Crippen LogP contribution in [-0.2, 0) is 14.3 Å². The number of esters is 1. The lowest BCUT2D eigenvalue weighted by Gasteiger charge is -2.14. The number of hydrogen-bond donors (Lipinski definition) is 1. The molecule has 0 bridgehead atoms. The fourth-order valence-corrected chi connectivity index (χ4v) is 1.56. The molecule has 1 aromatic rings. The lowest BCUT2D eigenvalue weighted by Crippen LogP contribution is -2.32. The molecule has 0 aliphatic rings. The van der Waals surface area contributed by atoms with E-state index < -0.39 is 17.8 Å². The summed E-state index contributed by atoms with van der Waals surface area (Å²) in [5.41, 5.74) is 0.577. The number of carbonyl (C=O) groups excluding carboxylic acids is 2. The normalized spacial score (nSPS) is 11.5. The Labute approximate surface area is 106 Å². The SMILES string of the molecule is CCOC(=O)C(C(=O)NC)c1ccc(OC)cc1. The summed E-state index contributed by atoms with van der Waals surface area (Å²) in [5.74, 6) is -1.22. The number of hydrogen-bond acceptors (Lipinski definition) is 4. The summed E-state index contributed by atoms with van der Waals surface area (Å²) >= 11 is 0. The summed E-state index contributed by atoms with van der Waals surface area (Å²) in [5, 5.41) is 2.46. The molecule has 0 radical (unpaired) electrons. The number of rotatable bonds is 5. The molecule has 0 fully saturated rings. The lowest BCUT2D eigenvalue weighted by molar-refractivity contribution is -0.148. The highest BCUT2D eigenvalue weighted by Gasteiger charge is 2.28. The minimum atomic E-state index is -0.944. The maximum absolute atomic E-state index is 11.8. The molecule has 5 nitrogen and oxygen atoms in total. The van der Waals surface area contributed by atoms with Gasteiger partial charge in [0, 0.05) is 7.05 Å². The van der Waals surface area contributed by atoms with Crippen molar-refractivity contribution in [1.29, 1.82) is 0 Å². The van der Waals surface area contributed by atoms with Gasteiger partial charge < -0.3 is 14.8 Å². The Bertz CT molecular complexity index is 414. The standard InChI is InChI=1S/C13H17NO4/c1-4-18-13(16)11(12(15)14-2)9-5-7-10(17-3)8-6-9/h5-8,11H,4H2,1-3H3,(H,14,15). The molecule has 5 heteroatoms. The number of benzene rings is 1. The first-order chi connectivity index (χ1) is 8.63. The van der Waals surface area contributed by atoms with Gasteiger partial charge in [-0.3, -0.25) is 9.59 Å². The molecule has 1 amide bonds. The maximum Gasteiger partial charge on any atom is 0.323 e. The summed E-state index contributed by atoms with van der Waals surface area (Å²) in [6.07, 6.45) is 0. The first kappa shape index (κ1) is 14.0. The van der Waals surface area contributed by atoms with E-state index in [9.17, 15) is 9.59 Å². The summed E-state index contributed by atoms with van der Waals surface area (Å²) in [7, 11) is 3.04. The molecule has 1 unspecified atom stereocenters. The van der Waals surface area contributed by atoms with E-state index in [1.54, 1.807) is 38.3 Å².